The standard InChI is InChI=1S/C10H20N2O/c1-3-5-6-9-8-12(4-2)10(13)7-11-9/h9,11H,3-8H2,1-2H3/t9-/m0/s1. The lowest BCUT2D eigenvalue weighted by Gasteiger charge is -2.32. The summed E-state index contributed by atoms with van der Waals surface area (Å²) in [5.41, 5.74) is 0. The first kappa shape index (κ1) is 10.5. The van der Waals surface area contributed by atoms with Gasteiger partial charge in [-0.05, 0) is 13.3 Å². The van der Waals surface area contributed by atoms with E-state index in [0.717, 1.165) is 13.1 Å². The molecule has 0 spiro atoms. The molecular formula is C10H20N2O. The van der Waals surface area contributed by atoms with Crippen LogP contribution in [0.2, 0.25) is 0 Å². The van der Waals surface area contributed by atoms with E-state index < -0.39 is 0 Å². The molecule has 1 amide bonds. The summed E-state index contributed by atoms with van der Waals surface area (Å²) in [5.74, 6) is 0.246. The van der Waals surface area contributed by atoms with Crippen molar-refractivity contribution in [3.05, 3.63) is 0 Å². The Morgan fingerprint density at radius 3 is 2.92 bits per heavy atom. The molecule has 1 N–H and O–H groups in total. The van der Waals surface area contributed by atoms with Crippen LogP contribution in [0.4, 0.5) is 0 Å². The Balaban J connectivity index is 2.31. The van der Waals surface area contributed by atoms with E-state index in [1.54, 1.807) is 0 Å². The lowest BCUT2D eigenvalue weighted by molar-refractivity contribution is -0.132. The monoisotopic (exact) mass is 184 g/mol. The lowest BCUT2D eigenvalue weighted by Crippen LogP contribution is -2.53. The molecule has 0 aromatic heterocycles. The average molecular weight is 184 g/mol. The number of carbonyl (C=O) groups is 1. The molecule has 1 saturated heterocycles. The summed E-state index contributed by atoms with van der Waals surface area (Å²) in [6.45, 7) is 6.52. The van der Waals surface area contributed by atoms with Gasteiger partial charge in [-0.3, -0.25) is 4.79 Å². The Kier molecular flexibility index (Phi) is 4.22. The number of hydrogen-bond donors (Lipinski definition) is 1. The fourth-order valence-electron chi connectivity index (χ4n) is 1.73. The van der Waals surface area contributed by atoms with E-state index in [2.05, 4.69) is 12.2 Å². The molecule has 1 aliphatic heterocycles. The van der Waals surface area contributed by atoms with Crippen LogP contribution in [0.5, 0.6) is 0 Å². The lowest BCUT2D eigenvalue weighted by atomic mass is 10.1. The first-order chi connectivity index (χ1) is 6.27. The van der Waals surface area contributed by atoms with Crippen LogP contribution >= 0.6 is 0 Å². The predicted molar refractivity (Wildman–Crippen MR) is 53.6 cm³/mol. The van der Waals surface area contributed by atoms with Crippen LogP contribution < -0.4 is 5.32 Å². The molecule has 13 heavy (non-hydrogen) atoms. The van der Waals surface area contributed by atoms with Crippen molar-refractivity contribution in [2.24, 2.45) is 0 Å². The average Bonchev–Trinajstić information content (AvgIpc) is 2.16. The van der Waals surface area contributed by atoms with Crippen LogP contribution in [0.1, 0.15) is 33.1 Å². The van der Waals surface area contributed by atoms with E-state index in [1.165, 1.54) is 19.3 Å². The maximum absolute atomic E-state index is 11.3. The third kappa shape index (κ3) is 2.99. The van der Waals surface area contributed by atoms with Gasteiger partial charge in [-0.15, -0.1) is 0 Å². The summed E-state index contributed by atoms with van der Waals surface area (Å²) in [5, 5.41) is 3.28. The molecule has 3 nitrogen and oxygen atoms in total. The summed E-state index contributed by atoms with van der Waals surface area (Å²) >= 11 is 0. The maximum atomic E-state index is 11.3. The highest BCUT2D eigenvalue weighted by Gasteiger charge is 2.22. The number of nitrogens with zero attached hydrogens (tertiary/aromatic N) is 1. The quantitative estimate of drug-likeness (QED) is 0.707. The smallest absolute Gasteiger partial charge is 0.236 e. The summed E-state index contributed by atoms with van der Waals surface area (Å²) in [4.78, 5) is 13.2. The number of nitrogens with one attached hydrogen (secondary N) is 1. The van der Waals surface area contributed by atoms with Crippen LogP contribution in [0.25, 0.3) is 0 Å². The maximum Gasteiger partial charge on any atom is 0.236 e. The Labute approximate surface area is 80.5 Å². The van der Waals surface area contributed by atoms with Gasteiger partial charge >= 0.3 is 0 Å². The minimum Gasteiger partial charge on any atom is -0.340 e. The van der Waals surface area contributed by atoms with Crippen molar-refractivity contribution >= 4 is 5.91 Å². The zero-order chi connectivity index (χ0) is 9.68. The number of unbranched alkanes of at least 4 members (excludes halogenated alkanes) is 1. The summed E-state index contributed by atoms with van der Waals surface area (Å²) in [6, 6.07) is 0.526. The largest absolute Gasteiger partial charge is 0.340 e. The van der Waals surface area contributed by atoms with Gasteiger partial charge in [0.2, 0.25) is 5.91 Å². The van der Waals surface area contributed by atoms with Crippen molar-refractivity contribution < 1.29 is 4.79 Å². The molecule has 1 aliphatic rings. The fourth-order valence-corrected chi connectivity index (χ4v) is 1.73. The van der Waals surface area contributed by atoms with E-state index in [9.17, 15) is 4.79 Å². The van der Waals surface area contributed by atoms with Crippen molar-refractivity contribution in [2.45, 2.75) is 39.2 Å². The predicted octanol–water partition coefficient (Wildman–Crippen LogP) is 0.997. The van der Waals surface area contributed by atoms with Gasteiger partial charge in [0.25, 0.3) is 0 Å². The van der Waals surface area contributed by atoms with Gasteiger partial charge in [-0.1, -0.05) is 19.8 Å². The molecule has 0 radical (unpaired) electrons. The molecular weight excluding hydrogens is 164 g/mol. The molecule has 1 fully saturated rings. The highest BCUT2D eigenvalue weighted by Crippen LogP contribution is 2.06. The number of amides is 1. The van der Waals surface area contributed by atoms with Gasteiger partial charge in [0.1, 0.15) is 0 Å². The first-order valence-electron chi connectivity index (χ1n) is 5.29. The van der Waals surface area contributed by atoms with Crippen LogP contribution in [0.15, 0.2) is 0 Å². The van der Waals surface area contributed by atoms with E-state index in [4.69, 9.17) is 0 Å². The van der Waals surface area contributed by atoms with Crippen molar-refractivity contribution in [3.8, 4) is 0 Å². The van der Waals surface area contributed by atoms with Crippen molar-refractivity contribution in [2.75, 3.05) is 19.6 Å². The molecule has 1 rings (SSSR count). The Hall–Kier alpha value is -0.570. The number of hydrogen-bond acceptors (Lipinski definition) is 2. The topological polar surface area (TPSA) is 32.3 Å². The second-order valence-electron chi connectivity index (χ2n) is 3.65. The van der Waals surface area contributed by atoms with Crippen molar-refractivity contribution in [1.82, 2.24) is 10.2 Å². The second kappa shape index (κ2) is 5.22. The zero-order valence-corrected chi connectivity index (χ0v) is 8.68. The molecule has 76 valence electrons. The van der Waals surface area contributed by atoms with Crippen LogP contribution in [0, 0.1) is 0 Å². The first-order valence-corrected chi connectivity index (χ1v) is 5.29. The van der Waals surface area contributed by atoms with Crippen LogP contribution in [-0.4, -0.2) is 36.5 Å². The van der Waals surface area contributed by atoms with E-state index in [-0.39, 0.29) is 5.91 Å². The SMILES string of the molecule is CCCC[C@H]1CN(CC)C(=O)CN1. The highest BCUT2D eigenvalue weighted by molar-refractivity contribution is 5.79. The third-order valence-corrected chi connectivity index (χ3v) is 2.62. The molecule has 0 aliphatic carbocycles. The van der Waals surface area contributed by atoms with Gasteiger partial charge in [-0.2, -0.15) is 0 Å². The van der Waals surface area contributed by atoms with Gasteiger partial charge in [0.15, 0.2) is 0 Å². The Morgan fingerprint density at radius 2 is 2.31 bits per heavy atom. The van der Waals surface area contributed by atoms with Crippen molar-refractivity contribution in [3.63, 3.8) is 0 Å². The Bertz CT molecular complexity index is 170. The molecule has 0 unspecified atom stereocenters. The van der Waals surface area contributed by atoms with Gasteiger partial charge in [0.05, 0.1) is 6.54 Å². The zero-order valence-electron chi connectivity index (χ0n) is 8.68. The molecule has 0 saturated carbocycles. The highest BCUT2D eigenvalue weighted by atomic mass is 16.2. The molecule has 0 aromatic carbocycles. The van der Waals surface area contributed by atoms with Gasteiger partial charge in [0, 0.05) is 19.1 Å². The van der Waals surface area contributed by atoms with Crippen molar-refractivity contribution in [1.29, 1.82) is 0 Å². The summed E-state index contributed by atoms with van der Waals surface area (Å²) < 4.78 is 0. The van der Waals surface area contributed by atoms with Crippen LogP contribution in [-0.2, 0) is 4.79 Å². The van der Waals surface area contributed by atoms with Gasteiger partial charge < -0.3 is 10.2 Å². The number of piperazine rings is 1. The van der Waals surface area contributed by atoms with Crippen LogP contribution in [0.3, 0.4) is 0 Å². The molecule has 0 aromatic rings. The Morgan fingerprint density at radius 1 is 1.54 bits per heavy atom. The van der Waals surface area contributed by atoms with E-state index in [0.29, 0.717) is 12.6 Å². The summed E-state index contributed by atoms with van der Waals surface area (Å²) in [7, 11) is 0. The number of rotatable bonds is 4. The third-order valence-electron chi connectivity index (χ3n) is 2.62. The normalized spacial score (nSPS) is 23.7. The minimum absolute atomic E-state index is 0.246. The minimum atomic E-state index is 0.246. The van der Waals surface area contributed by atoms with E-state index in [1.807, 2.05) is 11.8 Å². The molecule has 1 atom stereocenters. The van der Waals surface area contributed by atoms with E-state index >= 15 is 0 Å². The number of carbonyl (C=O) groups excluding carboxylic acids is 1. The second-order valence-corrected chi connectivity index (χ2v) is 3.65. The molecule has 1 heterocycles. The molecule has 0 bridgehead atoms. The summed E-state index contributed by atoms with van der Waals surface area (Å²) in [6.07, 6.45) is 3.68. The fraction of sp³-hybridized carbons (Fsp3) is 0.900. The van der Waals surface area contributed by atoms with Gasteiger partial charge in [-0.25, -0.2) is 0 Å². The molecule has 3 heteroatoms. The number of likely N-dealkylation sites (N-methyl/N-ethyl adjacent to an activating group) is 1.